The minimum absolute atomic E-state index is 0.0151. The maximum atomic E-state index is 12.6. The summed E-state index contributed by atoms with van der Waals surface area (Å²) in [6, 6.07) is 2.75. The van der Waals surface area contributed by atoms with Crippen molar-refractivity contribution in [2.75, 3.05) is 7.11 Å². The molecule has 0 heterocycles. The molecular weight excluding hydrogens is 272 g/mol. The average Bonchev–Trinajstić information content (AvgIpc) is 2.46. The van der Waals surface area contributed by atoms with Crippen LogP contribution in [0.25, 0.3) is 0 Å². The number of rotatable bonds is 1. The molecule has 1 aromatic rings. The standard InChI is InChI=1S/C16H16O5/c1-7-3-4-9-13(14(7)18)16(20)10-5-8(21-2)6-11(17)12(10)15(9)19/h5-7,14,17-18H,3-4H2,1-2H3. The minimum Gasteiger partial charge on any atom is -0.507 e. The molecule has 0 aromatic heterocycles. The molecule has 0 radical (unpaired) electrons. The molecule has 0 spiro atoms. The highest BCUT2D eigenvalue weighted by atomic mass is 16.5. The van der Waals surface area contributed by atoms with Crippen LogP contribution in [0.1, 0.15) is 40.5 Å². The van der Waals surface area contributed by atoms with Gasteiger partial charge < -0.3 is 14.9 Å². The summed E-state index contributed by atoms with van der Waals surface area (Å²) in [5, 5.41) is 20.3. The van der Waals surface area contributed by atoms with Crippen LogP contribution in [0, 0.1) is 5.92 Å². The van der Waals surface area contributed by atoms with E-state index in [1.165, 1.54) is 19.2 Å². The molecule has 5 nitrogen and oxygen atoms in total. The number of phenols is 1. The number of aromatic hydroxyl groups is 1. The fraction of sp³-hybridized carbons (Fsp3) is 0.375. The molecule has 21 heavy (non-hydrogen) atoms. The number of Topliss-reactive ketones (excluding diaryl/α,β-unsaturated/α-hetero) is 2. The molecule has 0 aliphatic heterocycles. The normalized spacial score (nSPS) is 24.7. The summed E-state index contributed by atoms with van der Waals surface area (Å²) in [6.07, 6.45) is 0.153. The van der Waals surface area contributed by atoms with E-state index >= 15 is 0 Å². The van der Waals surface area contributed by atoms with Gasteiger partial charge in [0.15, 0.2) is 11.6 Å². The van der Waals surface area contributed by atoms with Crippen molar-refractivity contribution < 1.29 is 24.5 Å². The fourth-order valence-electron chi connectivity index (χ4n) is 3.07. The van der Waals surface area contributed by atoms with E-state index in [-0.39, 0.29) is 34.2 Å². The van der Waals surface area contributed by atoms with E-state index in [0.717, 1.165) is 0 Å². The Morgan fingerprint density at radius 3 is 2.62 bits per heavy atom. The van der Waals surface area contributed by atoms with Crippen molar-refractivity contribution in [3.8, 4) is 11.5 Å². The van der Waals surface area contributed by atoms with Crippen LogP contribution in [0.4, 0.5) is 0 Å². The van der Waals surface area contributed by atoms with E-state index in [1.54, 1.807) is 0 Å². The summed E-state index contributed by atoms with van der Waals surface area (Å²) in [4.78, 5) is 25.2. The lowest BCUT2D eigenvalue weighted by Gasteiger charge is -2.32. The Kier molecular flexibility index (Phi) is 3.10. The minimum atomic E-state index is -0.938. The highest BCUT2D eigenvalue weighted by molar-refractivity contribution is 6.28. The number of ketones is 2. The highest BCUT2D eigenvalue weighted by Crippen LogP contribution is 2.41. The first kappa shape index (κ1) is 13.8. The van der Waals surface area contributed by atoms with Gasteiger partial charge in [-0.3, -0.25) is 9.59 Å². The van der Waals surface area contributed by atoms with Crippen molar-refractivity contribution >= 4 is 11.6 Å². The van der Waals surface area contributed by atoms with Gasteiger partial charge in [-0.05, 0) is 24.8 Å². The zero-order valence-corrected chi connectivity index (χ0v) is 11.8. The molecule has 2 atom stereocenters. The molecule has 2 aliphatic rings. The fourth-order valence-corrected chi connectivity index (χ4v) is 3.07. The number of benzene rings is 1. The predicted molar refractivity (Wildman–Crippen MR) is 74.8 cm³/mol. The smallest absolute Gasteiger partial charge is 0.193 e. The Morgan fingerprint density at radius 1 is 1.24 bits per heavy atom. The molecule has 1 aromatic carbocycles. The predicted octanol–water partition coefficient (Wildman–Crippen LogP) is 1.87. The first-order chi connectivity index (χ1) is 9.95. The SMILES string of the molecule is COc1cc(O)c2c(c1)C(=O)C1=C(CCC(C)C1O)C2=O. The van der Waals surface area contributed by atoms with Crippen molar-refractivity contribution in [2.45, 2.75) is 25.9 Å². The maximum Gasteiger partial charge on any atom is 0.193 e. The third kappa shape index (κ3) is 1.88. The van der Waals surface area contributed by atoms with Crippen molar-refractivity contribution in [3.05, 3.63) is 34.4 Å². The molecule has 0 saturated carbocycles. The van der Waals surface area contributed by atoms with Crippen LogP contribution >= 0.6 is 0 Å². The van der Waals surface area contributed by atoms with Crippen LogP contribution in [-0.2, 0) is 0 Å². The van der Waals surface area contributed by atoms with Gasteiger partial charge in [-0.15, -0.1) is 0 Å². The molecule has 2 N–H and O–H groups in total. The van der Waals surface area contributed by atoms with E-state index in [0.29, 0.717) is 24.2 Å². The number of hydrogen-bond donors (Lipinski definition) is 2. The zero-order valence-electron chi connectivity index (χ0n) is 11.8. The number of carbonyl (C=O) groups is 2. The molecule has 0 saturated heterocycles. The number of allylic oxidation sites excluding steroid dienone is 1. The van der Waals surface area contributed by atoms with Gasteiger partial charge in [-0.2, -0.15) is 0 Å². The van der Waals surface area contributed by atoms with Crippen LogP contribution in [0.5, 0.6) is 11.5 Å². The number of phenolic OH excluding ortho intramolecular Hbond substituents is 1. The monoisotopic (exact) mass is 288 g/mol. The van der Waals surface area contributed by atoms with Crippen molar-refractivity contribution in [3.63, 3.8) is 0 Å². The van der Waals surface area contributed by atoms with Gasteiger partial charge in [0.2, 0.25) is 0 Å². The molecule has 0 amide bonds. The molecule has 2 aliphatic carbocycles. The van der Waals surface area contributed by atoms with E-state index < -0.39 is 11.9 Å². The number of aliphatic hydroxyl groups is 1. The molecule has 5 heteroatoms. The topological polar surface area (TPSA) is 83.8 Å². The first-order valence-corrected chi connectivity index (χ1v) is 6.87. The summed E-state index contributed by atoms with van der Waals surface area (Å²) in [6.45, 7) is 1.85. The average molecular weight is 288 g/mol. The van der Waals surface area contributed by atoms with Gasteiger partial charge in [0.05, 0.1) is 18.8 Å². The van der Waals surface area contributed by atoms with E-state index in [9.17, 15) is 19.8 Å². The molecule has 110 valence electrons. The summed E-state index contributed by atoms with van der Waals surface area (Å²) in [5.74, 6) is -0.794. The van der Waals surface area contributed by atoms with Crippen molar-refractivity contribution in [1.29, 1.82) is 0 Å². The second kappa shape index (κ2) is 4.70. The van der Waals surface area contributed by atoms with E-state index in [1.807, 2.05) is 6.92 Å². The largest absolute Gasteiger partial charge is 0.507 e. The molecule has 0 bridgehead atoms. The Hall–Kier alpha value is -2.14. The molecule has 0 fully saturated rings. The van der Waals surface area contributed by atoms with Crippen LogP contribution in [0.3, 0.4) is 0 Å². The lowest BCUT2D eigenvalue weighted by molar-refractivity contribution is 0.0852. The summed E-state index contributed by atoms with van der Waals surface area (Å²) in [7, 11) is 1.42. The summed E-state index contributed by atoms with van der Waals surface area (Å²) < 4.78 is 5.03. The van der Waals surface area contributed by atoms with Gasteiger partial charge in [-0.25, -0.2) is 0 Å². The maximum absolute atomic E-state index is 12.6. The van der Waals surface area contributed by atoms with Crippen LogP contribution in [-0.4, -0.2) is 35.0 Å². The Labute approximate surface area is 121 Å². The highest BCUT2D eigenvalue weighted by Gasteiger charge is 2.41. The summed E-state index contributed by atoms with van der Waals surface area (Å²) >= 11 is 0. The Morgan fingerprint density at radius 2 is 1.95 bits per heavy atom. The summed E-state index contributed by atoms with van der Waals surface area (Å²) in [5.41, 5.74) is 0.627. The van der Waals surface area contributed by atoms with Gasteiger partial charge in [0.25, 0.3) is 0 Å². The number of aliphatic hydroxyl groups excluding tert-OH is 1. The third-order valence-electron chi connectivity index (χ3n) is 4.33. The Bertz CT molecular complexity index is 686. The number of carbonyl (C=O) groups excluding carboxylic acids is 2. The van der Waals surface area contributed by atoms with Crippen LogP contribution < -0.4 is 4.74 Å². The number of methoxy groups -OCH3 is 1. The zero-order chi connectivity index (χ0) is 15.3. The van der Waals surface area contributed by atoms with Gasteiger partial charge in [0, 0.05) is 22.8 Å². The third-order valence-corrected chi connectivity index (χ3v) is 4.33. The lowest BCUT2D eigenvalue weighted by Crippen LogP contribution is -2.36. The van der Waals surface area contributed by atoms with Crippen LogP contribution in [0.2, 0.25) is 0 Å². The van der Waals surface area contributed by atoms with Crippen molar-refractivity contribution in [1.82, 2.24) is 0 Å². The van der Waals surface area contributed by atoms with Crippen molar-refractivity contribution in [2.24, 2.45) is 5.92 Å². The molecule has 2 unspecified atom stereocenters. The molecular formula is C16H16O5. The quantitative estimate of drug-likeness (QED) is 0.824. The second-order valence-corrected chi connectivity index (χ2v) is 5.58. The van der Waals surface area contributed by atoms with Gasteiger partial charge in [0.1, 0.15) is 11.5 Å². The number of ether oxygens (including phenoxy) is 1. The Balaban J connectivity index is 2.23. The van der Waals surface area contributed by atoms with Gasteiger partial charge in [-0.1, -0.05) is 6.92 Å². The van der Waals surface area contributed by atoms with Gasteiger partial charge >= 0.3 is 0 Å². The van der Waals surface area contributed by atoms with E-state index in [2.05, 4.69) is 0 Å². The number of hydrogen-bond acceptors (Lipinski definition) is 5. The first-order valence-electron chi connectivity index (χ1n) is 6.87. The number of fused-ring (bicyclic) bond motifs is 1. The second-order valence-electron chi connectivity index (χ2n) is 5.58. The van der Waals surface area contributed by atoms with E-state index in [4.69, 9.17) is 4.74 Å². The lowest BCUT2D eigenvalue weighted by atomic mass is 9.72. The molecule has 3 rings (SSSR count). The van der Waals surface area contributed by atoms with Crippen LogP contribution in [0.15, 0.2) is 23.3 Å².